The summed E-state index contributed by atoms with van der Waals surface area (Å²) < 4.78 is 5.24. The SMILES string of the molecule is COc1ccc(C(=O)N2C[C@H](C)CC[C@H]2C)c(-c2ccncc2)n1.Cc1c(C#N)cc[nH]c1=O. The van der Waals surface area contributed by atoms with Gasteiger partial charge in [-0.15, -0.1) is 0 Å². The van der Waals surface area contributed by atoms with Gasteiger partial charge in [-0.05, 0) is 56.9 Å². The minimum Gasteiger partial charge on any atom is -0.481 e. The molecule has 1 aliphatic rings. The highest BCUT2D eigenvalue weighted by Gasteiger charge is 2.29. The van der Waals surface area contributed by atoms with E-state index in [1.165, 1.54) is 12.6 Å². The van der Waals surface area contributed by atoms with E-state index in [9.17, 15) is 9.59 Å². The maximum Gasteiger partial charge on any atom is 0.256 e. The van der Waals surface area contributed by atoms with Crippen LogP contribution in [0.4, 0.5) is 0 Å². The second-order valence-corrected chi connectivity index (χ2v) is 8.43. The largest absolute Gasteiger partial charge is 0.481 e. The highest BCUT2D eigenvalue weighted by atomic mass is 16.5. The van der Waals surface area contributed by atoms with Crippen molar-refractivity contribution in [2.24, 2.45) is 5.92 Å². The van der Waals surface area contributed by atoms with E-state index in [-0.39, 0.29) is 17.5 Å². The molecule has 0 aliphatic carbocycles. The standard InChI is InChI=1S/C19H23N3O2.C7H6N2O/c1-13-4-5-14(2)22(12-13)19(23)16-6-7-17(24-3)21-18(16)15-8-10-20-11-9-15;1-5-6(4-8)2-3-9-7(5)10/h6-11,13-14H,4-5,12H2,1-3H3;2-3H,1H3,(H,9,10)/t13-,14-;/m1./s1. The number of amides is 1. The van der Waals surface area contributed by atoms with Crippen molar-refractivity contribution in [2.45, 2.75) is 39.7 Å². The number of nitrogens with zero attached hydrogens (tertiary/aromatic N) is 4. The molecule has 2 atom stereocenters. The summed E-state index contributed by atoms with van der Waals surface area (Å²) in [6.07, 6.45) is 7.09. The van der Waals surface area contributed by atoms with Crippen molar-refractivity contribution >= 4 is 5.91 Å². The van der Waals surface area contributed by atoms with Crippen molar-refractivity contribution in [3.63, 3.8) is 0 Å². The highest BCUT2D eigenvalue weighted by molar-refractivity contribution is 6.00. The lowest BCUT2D eigenvalue weighted by molar-refractivity contribution is 0.0574. The van der Waals surface area contributed by atoms with E-state index in [4.69, 9.17) is 10.00 Å². The van der Waals surface area contributed by atoms with Crippen molar-refractivity contribution in [3.05, 3.63) is 76.0 Å². The third kappa shape index (κ3) is 5.67. The Morgan fingerprint density at radius 1 is 1.18 bits per heavy atom. The fraction of sp³-hybridized carbons (Fsp3) is 0.346. The molecule has 176 valence electrons. The van der Waals surface area contributed by atoms with Gasteiger partial charge < -0.3 is 14.6 Å². The fourth-order valence-electron chi connectivity index (χ4n) is 3.86. The number of nitriles is 1. The van der Waals surface area contributed by atoms with Crippen LogP contribution in [0.5, 0.6) is 5.88 Å². The molecule has 1 fully saturated rings. The number of H-pyrrole nitrogens is 1. The molecule has 0 radical (unpaired) electrons. The Kier molecular flexibility index (Phi) is 8.14. The van der Waals surface area contributed by atoms with E-state index in [1.807, 2.05) is 29.2 Å². The zero-order chi connectivity index (χ0) is 24.7. The molecule has 0 saturated carbocycles. The summed E-state index contributed by atoms with van der Waals surface area (Å²) in [4.78, 5) is 37.0. The molecule has 0 aromatic carbocycles. The molecule has 0 bridgehead atoms. The number of aromatic amines is 1. The first-order valence-electron chi connectivity index (χ1n) is 11.2. The minimum absolute atomic E-state index is 0.0380. The Hall–Kier alpha value is -3.99. The van der Waals surface area contributed by atoms with E-state index in [2.05, 4.69) is 28.8 Å². The minimum atomic E-state index is -0.195. The zero-order valence-corrected chi connectivity index (χ0v) is 19.9. The van der Waals surface area contributed by atoms with Gasteiger partial charge in [-0.25, -0.2) is 4.98 Å². The Morgan fingerprint density at radius 2 is 1.91 bits per heavy atom. The molecule has 4 heterocycles. The second-order valence-electron chi connectivity index (χ2n) is 8.43. The Morgan fingerprint density at radius 3 is 2.56 bits per heavy atom. The van der Waals surface area contributed by atoms with E-state index >= 15 is 0 Å². The lowest BCUT2D eigenvalue weighted by atomic mass is 9.94. The number of hydrogen-bond donors (Lipinski definition) is 1. The van der Waals surface area contributed by atoms with Crippen LogP contribution in [0.1, 0.15) is 48.2 Å². The summed E-state index contributed by atoms with van der Waals surface area (Å²) in [5.41, 5.74) is 2.84. The zero-order valence-electron chi connectivity index (χ0n) is 19.9. The number of hydrogen-bond acceptors (Lipinski definition) is 6. The van der Waals surface area contributed by atoms with Crippen molar-refractivity contribution < 1.29 is 9.53 Å². The maximum atomic E-state index is 13.2. The van der Waals surface area contributed by atoms with Crippen LogP contribution >= 0.6 is 0 Å². The number of methoxy groups -OCH3 is 1. The van der Waals surface area contributed by atoms with E-state index < -0.39 is 0 Å². The van der Waals surface area contributed by atoms with Crippen LogP contribution in [0.25, 0.3) is 11.3 Å². The molecule has 0 unspecified atom stereocenters. The van der Waals surface area contributed by atoms with Gasteiger partial charge in [-0.2, -0.15) is 5.26 Å². The van der Waals surface area contributed by atoms with Gasteiger partial charge in [0.2, 0.25) is 5.88 Å². The highest BCUT2D eigenvalue weighted by Crippen LogP contribution is 2.28. The number of carbonyl (C=O) groups excluding carboxylic acids is 1. The van der Waals surface area contributed by atoms with Gasteiger partial charge in [0.1, 0.15) is 0 Å². The van der Waals surface area contributed by atoms with Gasteiger partial charge >= 0.3 is 0 Å². The van der Waals surface area contributed by atoms with E-state index in [0.717, 1.165) is 18.5 Å². The number of pyridine rings is 3. The van der Waals surface area contributed by atoms with Gasteiger partial charge in [0.25, 0.3) is 11.5 Å². The molecule has 1 aliphatic heterocycles. The van der Waals surface area contributed by atoms with Crippen LogP contribution in [-0.2, 0) is 0 Å². The van der Waals surface area contributed by atoms with Crippen molar-refractivity contribution in [3.8, 4) is 23.2 Å². The van der Waals surface area contributed by atoms with E-state index in [0.29, 0.717) is 34.2 Å². The predicted octanol–water partition coefficient (Wildman–Crippen LogP) is 3.97. The van der Waals surface area contributed by atoms with Gasteiger partial charge in [0.15, 0.2) is 0 Å². The first kappa shape index (κ1) is 24.6. The summed E-state index contributed by atoms with van der Waals surface area (Å²) in [6, 6.07) is 11.0. The van der Waals surface area contributed by atoms with Crippen LogP contribution in [0.3, 0.4) is 0 Å². The van der Waals surface area contributed by atoms with Crippen LogP contribution in [0.15, 0.2) is 53.7 Å². The summed E-state index contributed by atoms with van der Waals surface area (Å²) in [5, 5.41) is 8.44. The van der Waals surface area contributed by atoms with E-state index in [1.54, 1.807) is 38.6 Å². The summed E-state index contributed by atoms with van der Waals surface area (Å²) in [7, 11) is 1.58. The lowest BCUT2D eigenvalue weighted by Gasteiger charge is -2.37. The Bertz CT molecular complexity index is 1230. The fourth-order valence-corrected chi connectivity index (χ4v) is 3.86. The smallest absolute Gasteiger partial charge is 0.256 e. The molecule has 8 nitrogen and oxygen atoms in total. The first-order chi connectivity index (χ1) is 16.3. The normalized spacial score (nSPS) is 17.2. The quantitative estimate of drug-likeness (QED) is 0.634. The molecule has 34 heavy (non-hydrogen) atoms. The van der Waals surface area contributed by atoms with Crippen molar-refractivity contribution in [1.82, 2.24) is 19.9 Å². The summed E-state index contributed by atoms with van der Waals surface area (Å²) in [6.45, 7) is 6.73. The molecule has 8 heteroatoms. The average molecular weight is 460 g/mol. The second kappa shape index (κ2) is 11.2. The van der Waals surface area contributed by atoms with Crippen molar-refractivity contribution in [1.29, 1.82) is 5.26 Å². The van der Waals surface area contributed by atoms with Gasteiger partial charge in [-0.3, -0.25) is 14.6 Å². The molecule has 1 N–H and O–H groups in total. The summed E-state index contributed by atoms with van der Waals surface area (Å²) >= 11 is 0. The van der Waals surface area contributed by atoms with Crippen LogP contribution < -0.4 is 10.3 Å². The number of rotatable bonds is 3. The number of carbonyl (C=O) groups is 1. The number of likely N-dealkylation sites (tertiary alicyclic amines) is 1. The van der Waals surface area contributed by atoms with Crippen LogP contribution in [-0.4, -0.2) is 45.5 Å². The maximum absolute atomic E-state index is 13.2. The molecular formula is C26H29N5O3. The number of nitrogens with one attached hydrogen (secondary N) is 1. The molecule has 0 spiro atoms. The Labute approximate surface area is 199 Å². The van der Waals surface area contributed by atoms with Crippen molar-refractivity contribution in [2.75, 3.05) is 13.7 Å². The molecule has 1 saturated heterocycles. The predicted molar refractivity (Wildman–Crippen MR) is 129 cm³/mol. The van der Waals surface area contributed by atoms with Gasteiger partial charge in [0.05, 0.1) is 30.0 Å². The molecule has 3 aromatic rings. The number of aromatic nitrogens is 3. The third-order valence-electron chi connectivity index (χ3n) is 5.97. The third-order valence-corrected chi connectivity index (χ3v) is 5.97. The van der Waals surface area contributed by atoms with Gasteiger partial charge in [-0.1, -0.05) is 6.92 Å². The first-order valence-corrected chi connectivity index (χ1v) is 11.2. The average Bonchev–Trinajstić information content (AvgIpc) is 2.87. The monoisotopic (exact) mass is 459 g/mol. The van der Waals surface area contributed by atoms with Gasteiger partial charge in [0, 0.05) is 48.4 Å². The molecule has 1 amide bonds. The summed E-state index contributed by atoms with van der Waals surface area (Å²) in [5.74, 6) is 1.06. The molecule has 3 aromatic heterocycles. The Balaban J connectivity index is 0.000000271. The number of piperidine rings is 1. The number of ether oxygens (including phenoxy) is 1. The molecule has 4 rings (SSSR count). The topological polar surface area (TPSA) is 112 Å². The van der Waals surface area contributed by atoms with Crippen LogP contribution in [0, 0.1) is 24.2 Å². The van der Waals surface area contributed by atoms with Crippen LogP contribution in [0.2, 0.25) is 0 Å². The molecular weight excluding hydrogens is 430 g/mol. The lowest BCUT2D eigenvalue weighted by Crippen LogP contribution is -2.45.